The molecule has 10 heteroatoms. The van der Waals surface area contributed by atoms with Crippen LogP contribution >= 0.6 is 11.3 Å². The van der Waals surface area contributed by atoms with Crippen LogP contribution in [0.5, 0.6) is 0 Å². The molecule has 1 aromatic heterocycles. The van der Waals surface area contributed by atoms with Gasteiger partial charge in [0.05, 0.1) is 27.7 Å². The Morgan fingerprint density at radius 3 is 2.33 bits per heavy atom. The van der Waals surface area contributed by atoms with Gasteiger partial charge in [0.2, 0.25) is 0 Å². The van der Waals surface area contributed by atoms with Gasteiger partial charge in [-0.1, -0.05) is 6.07 Å². The topological polar surface area (TPSA) is 80.7 Å². The Kier molecular flexibility index (Phi) is 6.05. The molecule has 0 amide bonds. The minimum Gasteiger partial charge on any atom is -0.481 e. The molecular formula is C20H21F3O5S2. The fourth-order valence-electron chi connectivity index (χ4n) is 3.99. The maximum atomic E-state index is 13.8. The Hall–Kier alpha value is -1.91. The van der Waals surface area contributed by atoms with Gasteiger partial charge in [0.1, 0.15) is 0 Å². The Morgan fingerprint density at radius 1 is 1.20 bits per heavy atom. The first kappa shape index (κ1) is 22.8. The van der Waals surface area contributed by atoms with Crippen molar-refractivity contribution in [3.63, 3.8) is 0 Å². The number of halogens is 3. The van der Waals surface area contributed by atoms with E-state index in [1.54, 1.807) is 13.0 Å². The average Bonchev–Trinajstić information content (AvgIpc) is 3.24. The Labute approximate surface area is 176 Å². The summed E-state index contributed by atoms with van der Waals surface area (Å²) in [5, 5.41) is 8.03. The third kappa shape index (κ3) is 4.13. The number of rotatable bonds is 5. The van der Waals surface area contributed by atoms with Crippen molar-refractivity contribution in [2.24, 2.45) is 5.92 Å². The number of aliphatic carboxylic acids is 1. The van der Waals surface area contributed by atoms with Crippen molar-refractivity contribution in [2.75, 3.05) is 7.11 Å². The third-order valence-electron chi connectivity index (χ3n) is 5.46. The van der Waals surface area contributed by atoms with Crippen LogP contribution in [0.4, 0.5) is 13.2 Å². The summed E-state index contributed by atoms with van der Waals surface area (Å²) in [7, 11) is -3.17. The van der Waals surface area contributed by atoms with Gasteiger partial charge < -0.3 is 9.84 Å². The number of carboxylic acid groups (broad SMARTS) is 1. The number of thiophene rings is 1. The molecule has 0 spiro atoms. The Bertz CT molecular complexity index is 1070. The van der Waals surface area contributed by atoms with Gasteiger partial charge in [0.15, 0.2) is 9.84 Å². The van der Waals surface area contributed by atoms with Crippen LogP contribution in [0.2, 0.25) is 0 Å². The van der Waals surface area contributed by atoms with Crippen LogP contribution in [0.25, 0.3) is 11.1 Å². The standard InChI is InChI=1S/C20H21F3O5S2/c1-10-6-14(11(2)29-10)12-4-5-18(16(7-12)20(21,22)23)30(26,27)13-8-15(19(24)25)17(9-13)28-3/h4-7,13,15,17H,8-9H2,1-3H3,(H,24,25)/t13-,15-,17-/m1/s1. The molecule has 164 valence electrons. The maximum Gasteiger partial charge on any atom is 0.417 e. The lowest BCUT2D eigenvalue weighted by atomic mass is 10.0. The van der Waals surface area contributed by atoms with E-state index in [4.69, 9.17) is 4.74 Å². The van der Waals surface area contributed by atoms with Crippen LogP contribution in [0.15, 0.2) is 29.2 Å². The molecule has 2 aromatic rings. The van der Waals surface area contributed by atoms with E-state index in [9.17, 15) is 31.5 Å². The highest BCUT2D eigenvalue weighted by atomic mass is 32.2. The highest BCUT2D eigenvalue weighted by Crippen LogP contribution is 2.42. The van der Waals surface area contributed by atoms with Gasteiger partial charge in [0.25, 0.3) is 0 Å². The summed E-state index contributed by atoms with van der Waals surface area (Å²) in [6.07, 6.45) is -6.22. The molecular weight excluding hydrogens is 441 g/mol. The first-order valence-electron chi connectivity index (χ1n) is 9.14. The second kappa shape index (κ2) is 7.97. The van der Waals surface area contributed by atoms with Crippen LogP contribution in [0.1, 0.15) is 28.2 Å². The number of benzene rings is 1. The number of ether oxygens (including phenoxy) is 1. The lowest BCUT2D eigenvalue weighted by Gasteiger charge is -2.18. The smallest absolute Gasteiger partial charge is 0.417 e. The molecule has 1 saturated carbocycles. The fraction of sp³-hybridized carbons (Fsp3) is 0.450. The van der Waals surface area contributed by atoms with Crippen molar-refractivity contribution in [2.45, 2.75) is 49.1 Å². The molecule has 5 nitrogen and oxygen atoms in total. The largest absolute Gasteiger partial charge is 0.481 e. The molecule has 1 heterocycles. The van der Waals surface area contributed by atoms with Crippen LogP contribution in [-0.2, 0) is 25.5 Å². The molecule has 1 aromatic carbocycles. The summed E-state index contributed by atoms with van der Waals surface area (Å²) in [5.41, 5.74) is -0.332. The summed E-state index contributed by atoms with van der Waals surface area (Å²) in [5.74, 6) is -2.31. The monoisotopic (exact) mass is 462 g/mol. The Morgan fingerprint density at radius 2 is 1.87 bits per heavy atom. The molecule has 3 rings (SSSR count). The van der Waals surface area contributed by atoms with E-state index in [1.807, 2.05) is 6.92 Å². The minimum absolute atomic E-state index is 0.169. The van der Waals surface area contributed by atoms with Crippen molar-refractivity contribution in [1.82, 2.24) is 0 Å². The number of hydrogen-bond donors (Lipinski definition) is 1. The molecule has 3 atom stereocenters. The fourth-order valence-corrected chi connectivity index (χ4v) is 6.94. The molecule has 1 N–H and O–H groups in total. The molecule has 30 heavy (non-hydrogen) atoms. The number of alkyl halides is 3. The Balaban J connectivity index is 2.09. The van der Waals surface area contributed by atoms with Crippen LogP contribution in [0, 0.1) is 19.8 Å². The van der Waals surface area contributed by atoms with Gasteiger partial charge in [0, 0.05) is 16.9 Å². The summed E-state index contributed by atoms with van der Waals surface area (Å²) in [6, 6.07) is 4.98. The van der Waals surface area contributed by atoms with Crippen LogP contribution in [0.3, 0.4) is 0 Å². The van der Waals surface area contributed by atoms with E-state index in [0.717, 1.165) is 21.9 Å². The van der Waals surface area contributed by atoms with Crippen molar-refractivity contribution in [3.8, 4) is 11.1 Å². The van der Waals surface area contributed by atoms with Crippen LogP contribution < -0.4 is 0 Å². The normalized spacial score (nSPS) is 22.4. The van der Waals surface area contributed by atoms with Crippen molar-refractivity contribution in [1.29, 1.82) is 0 Å². The number of sulfone groups is 1. The molecule has 0 radical (unpaired) electrons. The van der Waals surface area contributed by atoms with Crippen molar-refractivity contribution < 1.29 is 36.2 Å². The lowest BCUT2D eigenvalue weighted by molar-refractivity contribution is -0.145. The summed E-state index contributed by atoms with van der Waals surface area (Å²) < 4.78 is 72.8. The number of carbonyl (C=O) groups is 1. The molecule has 1 fully saturated rings. The first-order chi connectivity index (χ1) is 13.9. The first-order valence-corrected chi connectivity index (χ1v) is 11.5. The van der Waals surface area contributed by atoms with E-state index < -0.39 is 49.7 Å². The predicted octanol–water partition coefficient (Wildman–Crippen LogP) is 4.70. The molecule has 0 aliphatic heterocycles. The summed E-state index contributed by atoms with van der Waals surface area (Å²) >= 11 is 1.44. The van der Waals surface area contributed by atoms with E-state index in [-0.39, 0.29) is 18.4 Å². The van der Waals surface area contributed by atoms with E-state index >= 15 is 0 Å². The summed E-state index contributed by atoms with van der Waals surface area (Å²) in [4.78, 5) is 12.3. The number of aryl methyl sites for hydroxylation is 2. The summed E-state index contributed by atoms with van der Waals surface area (Å²) in [6.45, 7) is 3.64. The average molecular weight is 463 g/mol. The highest BCUT2D eigenvalue weighted by Gasteiger charge is 2.47. The number of hydrogen-bond acceptors (Lipinski definition) is 5. The third-order valence-corrected chi connectivity index (χ3v) is 8.66. The molecule has 0 unspecified atom stereocenters. The van der Waals surface area contributed by atoms with Gasteiger partial charge >= 0.3 is 12.1 Å². The van der Waals surface area contributed by atoms with Gasteiger partial charge in [-0.3, -0.25) is 4.79 Å². The SMILES string of the molecule is CO[C@@H]1C[C@H](S(=O)(=O)c2ccc(-c3cc(C)sc3C)cc2C(F)(F)F)C[C@H]1C(=O)O. The zero-order chi connectivity index (χ0) is 22.4. The predicted molar refractivity (Wildman–Crippen MR) is 106 cm³/mol. The quantitative estimate of drug-likeness (QED) is 0.697. The van der Waals surface area contributed by atoms with Crippen LogP contribution in [-0.4, -0.2) is 38.0 Å². The molecule has 0 bridgehead atoms. The zero-order valence-corrected chi connectivity index (χ0v) is 18.1. The van der Waals surface area contributed by atoms with Gasteiger partial charge in [-0.05, 0) is 56.0 Å². The second-order valence-corrected chi connectivity index (χ2v) is 11.0. The molecule has 0 saturated heterocycles. The number of methoxy groups -OCH3 is 1. The lowest BCUT2D eigenvalue weighted by Crippen LogP contribution is -2.24. The molecule has 1 aliphatic rings. The number of carboxylic acids is 1. The van der Waals surface area contributed by atoms with E-state index in [1.165, 1.54) is 24.5 Å². The maximum absolute atomic E-state index is 13.8. The van der Waals surface area contributed by atoms with E-state index in [0.29, 0.717) is 5.56 Å². The minimum atomic E-state index is -4.89. The highest BCUT2D eigenvalue weighted by molar-refractivity contribution is 7.92. The zero-order valence-electron chi connectivity index (χ0n) is 16.5. The van der Waals surface area contributed by atoms with Gasteiger partial charge in [-0.15, -0.1) is 11.3 Å². The van der Waals surface area contributed by atoms with Crippen molar-refractivity contribution >= 4 is 27.1 Å². The van der Waals surface area contributed by atoms with Gasteiger partial charge in [-0.2, -0.15) is 13.2 Å². The van der Waals surface area contributed by atoms with Crippen molar-refractivity contribution in [3.05, 3.63) is 39.6 Å². The van der Waals surface area contributed by atoms with Gasteiger partial charge in [-0.25, -0.2) is 8.42 Å². The van der Waals surface area contributed by atoms with E-state index in [2.05, 4.69) is 0 Å². The molecule has 1 aliphatic carbocycles. The second-order valence-electron chi connectivity index (χ2n) is 7.39.